The van der Waals surface area contributed by atoms with E-state index in [-0.39, 0.29) is 5.97 Å². The Morgan fingerprint density at radius 3 is 2.08 bits per heavy atom. The van der Waals surface area contributed by atoms with E-state index in [0.717, 1.165) is 11.1 Å². The van der Waals surface area contributed by atoms with Gasteiger partial charge in [0.15, 0.2) is 0 Å². The van der Waals surface area contributed by atoms with Gasteiger partial charge in [0.25, 0.3) is 0 Å². The van der Waals surface area contributed by atoms with E-state index in [1.165, 1.54) is 0 Å². The fourth-order valence-electron chi connectivity index (χ4n) is 2.23. The number of rotatable bonds is 4. The SMILES string of the molecule is O=C(Oc1ccccc1C=Cc1ccccc1Cl)c1ccccc1. The van der Waals surface area contributed by atoms with Crippen molar-refractivity contribution in [2.75, 3.05) is 0 Å². The third-order valence-corrected chi connectivity index (χ3v) is 3.82. The van der Waals surface area contributed by atoms with Crippen molar-refractivity contribution >= 4 is 29.7 Å². The summed E-state index contributed by atoms with van der Waals surface area (Å²) in [7, 11) is 0. The molecule has 3 aromatic carbocycles. The summed E-state index contributed by atoms with van der Waals surface area (Å²) in [6.45, 7) is 0. The number of halogens is 1. The number of hydrogen-bond acceptors (Lipinski definition) is 2. The monoisotopic (exact) mass is 334 g/mol. The van der Waals surface area contributed by atoms with E-state index in [2.05, 4.69) is 0 Å². The molecule has 0 unspecified atom stereocenters. The Labute approximate surface area is 146 Å². The van der Waals surface area contributed by atoms with Gasteiger partial charge in [-0.15, -0.1) is 0 Å². The van der Waals surface area contributed by atoms with Crippen LogP contribution in [-0.2, 0) is 0 Å². The van der Waals surface area contributed by atoms with E-state index in [1.54, 1.807) is 30.3 Å². The van der Waals surface area contributed by atoms with Gasteiger partial charge < -0.3 is 4.74 Å². The summed E-state index contributed by atoms with van der Waals surface area (Å²) in [4.78, 5) is 12.2. The van der Waals surface area contributed by atoms with Crippen molar-refractivity contribution in [2.45, 2.75) is 0 Å². The second kappa shape index (κ2) is 7.62. The molecule has 0 saturated heterocycles. The molecule has 0 amide bonds. The standard InChI is InChI=1S/C21H15ClO2/c22-19-12-6-4-8-16(19)14-15-17-9-5-7-13-20(17)24-21(23)18-10-2-1-3-11-18/h1-15H. The minimum Gasteiger partial charge on any atom is -0.422 e. The van der Waals surface area contributed by atoms with Gasteiger partial charge >= 0.3 is 5.97 Å². The quantitative estimate of drug-likeness (QED) is 0.346. The Kier molecular flexibility index (Phi) is 5.09. The topological polar surface area (TPSA) is 26.3 Å². The lowest BCUT2D eigenvalue weighted by Crippen LogP contribution is -2.08. The van der Waals surface area contributed by atoms with E-state index in [0.29, 0.717) is 16.3 Å². The summed E-state index contributed by atoms with van der Waals surface area (Å²) in [6, 6.07) is 23.9. The highest BCUT2D eigenvalue weighted by Crippen LogP contribution is 2.23. The summed E-state index contributed by atoms with van der Waals surface area (Å²) >= 11 is 6.16. The average molecular weight is 335 g/mol. The molecule has 2 nitrogen and oxygen atoms in total. The fraction of sp³-hybridized carbons (Fsp3) is 0. The Morgan fingerprint density at radius 2 is 1.33 bits per heavy atom. The van der Waals surface area contributed by atoms with Crippen LogP contribution in [-0.4, -0.2) is 5.97 Å². The van der Waals surface area contributed by atoms with E-state index >= 15 is 0 Å². The maximum atomic E-state index is 12.2. The van der Waals surface area contributed by atoms with Crippen molar-refractivity contribution in [1.82, 2.24) is 0 Å². The maximum absolute atomic E-state index is 12.2. The van der Waals surface area contributed by atoms with Crippen LogP contribution in [0.4, 0.5) is 0 Å². The zero-order valence-electron chi connectivity index (χ0n) is 12.9. The van der Waals surface area contributed by atoms with Crippen molar-refractivity contribution in [3.8, 4) is 5.75 Å². The number of carbonyl (C=O) groups is 1. The molecule has 118 valence electrons. The lowest BCUT2D eigenvalue weighted by molar-refractivity contribution is 0.0734. The molecule has 0 N–H and O–H groups in total. The molecule has 0 spiro atoms. The summed E-state index contributed by atoms with van der Waals surface area (Å²) in [5.41, 5.74) is 2.23. The fourth-order valence-corrected chi connectivity index (χ4v) is 2.43. The van der Waals surface area contributed by atoms with Crippen LogP contribution >= 0.6 is 11.6 Å². The molecule has 0 heterocycles. The molecule has 0 saturated carbocycles. The molecule has 0 atom stereocenters. The number of ether oxygens (including phenoxy) is 1. The van der Waals surface area contributed by atoms with Crippen LogP contribution in [0.15, 0.2) is 78.9 Å². The van der Waals surface area contributed by atoms with E-state index in [1.807, 2.05) is 60.7 Å². The van der Waals surface area contributed by atoms with Crippen molar-refractivity contribution < 1.29 is 9.53 Å². The summed E-state index contributed by atoms with van der Waals surface area (Å²) < 4.78 is 5.53. The first-order valence-electron chi connectivity index (χ1n) is 7.53. The van der Waals surface area contributed by atoms with Gasteiger partial charge in [-0.2, -0.15) is 0 Å². The van der Waals surface area contributed by atoms with Gasteiger partial charge in [0.05, 0.1) is 5.56 Å². The second-order valence-electron chi connectivity index (χ2n) is 5.15. The van der Waals surface area contributed by atoms with Crippen molar-refractivity contribution in [2.24, 2.45) is 0 Å². The molecule has 0 aromatic heterocycles. The van der Waals surface area contributed by atoms with E-state index in [9.17, 15) is 4.79 Å². The average Bonchev–Trinajstić information content (AvgIpc) is 2.63. The Morgan fingerprint density at radius 1 is 0.750 bits per heavy atom. The van der Waals surface area contributed by atoms with Crippen molar-refractivity contribution in [3.05, 3.63) is 101 Å². The van der Waals surface area contributed by atoms with Crippen LogP contribution < -0.4 is 4.74 Å². The van der Waals surface area contributed by atoms with Gasteiger partial charge in [0, 0.05) is 10.6 Å². The highest BCUT2D eigenvalue weighted by Gasteiger charge is 2.09. The summed E-state index contributed by atoms with van der Waals surface area (Å²) in [6.07, 6.45) is 3.78. The highest BCUT2D eigenvalue weighted by atomic mass is 35.5. The number of para-hydroxylation sites is 1. The van der Waals surface area contributed by atoms with E-state index in [4.69, 9.17) is 16.3 Å². The smallest absolute Gasteiger partial charge is 0.343 e. The van der Waals surface area contributed by atoms with Crippen LogP contribution in [0.25, 0.3) is 12.2 Å². The number of esters is 1. The summed E-state index contributed by atoms with van der Waals surface area (Å²) in [5, 5.41) is 0.674. The first kappa shape index (κ1) is 16.0. The second-order valence-corrected chi connectivity index (χ2v) is 5.56. The Hall–Kier alpha value is -2.84. The molecule has 3 aromatic rings. The minimum atomic E-state index is -0.380. The predicted octanol–water partition coefficient (Wildman–Crippen LogP) is 5.73. The van der Waals surface area contributed by atoms with Gasteiger partial charge in [-0.1, -0.05) is 78.4 Å². The molecule has 3 heteroatoms. The van der Waals surface area contributed by atoms with Crippen LogP contribution in [0.3, 0.4) is 0 Å². The third-order valence-electron chi connectivity index (χ3n) is 3.48. The van der Waals surface area contributed by atoms with Crippen LogP contribution in [0.5, 0.6) is 5.75 Å². The van der Waals surface area contributed by atoms with Gasteiger partial charge in [0.1, 0.15) is 5.75 Å². The minimum absolute atomic E-state index is 0.380. The largest absolute Gasteiger partial charge is 0.422 e. The first-order chi connectivity index (χ1) is 11.7. The molecule has 0 aliphatic heterocycles. The number of hydrogen-bond donors (Lipinski definition) is 0. The van der Waals surface area contributed by atoms with Gasteiger partial charge in [-0.3, -0.25) is 0 Å². The molecule has 3 rings (SSSR count). The zero-order valence-corrected chi connectivity index (χ0v) is 13.6. The maximum Gasteiger partial charge on any atom is 0.343 e. The molecule has 0 aliphatic rings. The normalized spacial score (nSPS) is 10.7. The van der Waals surface area contributed by atoms with Crippen molar-refractivity contribution in [3.63, 3.8) is 0 Å². The molecule has 0 radical (unpaired) electrons. The first-order valence-corrected chi connectivity index (χ1v) is 7.91. The third kappa shape index (κ3) is 3.92. The van der Waals surface area contributed by atoms with Gasteiger partial charge in [-0.05, 0) is 29.8 Å². The highest BCUT2D eigenvalue weighted by molar-refractivity contribution is 6.32. The lowest BCUT2D eigenvalue weighted by Gasteiger charge is -2.07. The molecular formula is C21H15ClO2. The van der Waals surface area contributed by atoms with Crippen LogP contribution in [0.1, 0.15) is 21.5 Å². The van der Waals surface area contributed by atoms with Crippen LogP contribution in [0, 0.1) is 0 Å². The summed E-state index contributed by atoms with van der Waals surface area (Å²) in [5.74, 6) is 0.129. The lowest BCUT2D eigenvalue weighted by atomic mass is 10.1. The van der Waals surface area contributed by atoms with Gasteiger partial charge in [-0.25, -0.2) is 4.79 Å². The van der Waals surface area contributed by atoms with Gasteiger partial charge in [0.2, 0.25) is 0 Å². The Balaban J connectivity index is 1.83. The zero-order chi connectivity index (χ0) is 16.8. The van der Waals surface area contributed by atoms with Crippen molar-refractivity contribution in [1.29, 1.82) is 0 Å². The van der Waals surface area contributed by atoms with Crippen LogP contribution in [0.2, 0.25) is 5.02 Å². The molecule has 24 heavy (non-hydrogen) atoms. The Bertz CT molecular complexity index is 870. The van der Waals surface area contributed by atoms with E-state index < -0.39 is 0 Å². The number of carbonyl (C=O) groups excluding carboxylic acids is 1. The molecular weight excluding hydrogens is 320 g/mol. The molecule has 0 fully saturated rings. The molecule has 0 bridgehead atoms. The predicted molar refractivity (Wildman–Crippen MR) is 98.2 cm³/mol. The molecule has 0 aliphatic carbocycles. The number of benzene rings is 3.